The van der Waals surface area contributed by atoms with Crippen molar-refractivity contribution in [1.82, 2.24) is 0 Å². The minimum absolute atomic E-state index is 0.00614. The molecule has 0 aliphatic carbocycles. The van der Waals surface area contributed by atoms with Gasteiger partial charge in [-0.15, -0.1) is 0 Å². The number of non-ortho nitro benzene ring substituents is 1. The first kappa shape index (κ1) is 20.8. The number of ether oxygens (including phenoxy) is 1. The molecule has 0 saturated carbocycles. The standard InChI is InChI=1S/C26H17FN2O3/c27-25-8-4-3-7-23(25)20(16-28)15-24-22-6-2-1-5-19(22)11-14-26(24)32-17-18-9-12-21(13-10-18)29(30)31/h1-15H,17H2. The molecule has 0 atom stereocenters. The predicted octanol–water partition coefficient (Wildman–Crippen LogP) is 6.53. The number of fused-ring (bicyclic) bond motifs is 1. The Morgan fingerprint density at radius 3 is 2.44 bits per heavy atom. The molecule has 5 nitrogen and oxygen atoms in total. The van der Waals surface area contributed by atoms with E-state index in [4.69, 9.17) is 4.74 Å². The average Bonchev–Trinajstić information content (AvgIpc) is 2.82. The zero-order chi connectivity index (χ0) is 22.5. The Morgan fingerprint density at radius 1 is 1.00 bits per heavy atom. The third-order valence-corrected chi connectivity index (χ3v) is 5.05. The molecule has 6 heteroatoms. The van der Waals surface area contributed by atoms with E-state index in [0.29, 0.717) is 11.3 Å². The van der Waals surface area contributed by atoms with Crippen molar-refractivity contribution in [2.45, 2.75) is 6.61 Å². The molecule has 0 saturated heterocycles. The zero-order valence-corrected chi connectivity index (χ0v) is 16.9. The topological polar surface area (TPSA) is 76.2 Å². The molecule has 0 unspecified atom stereocenters. The smallest absolute Gasteiger partial charge is 0.269 e. The largest absolute Gasteiger partial charge is 0.488 e. The number of nitrogens with zero attached hydrogens (tertiary/aromatic N) is 2. The molecule has 0 aromatic heterocycles. The number of hydrogen-bond acceptors (Lipinski definition) is 4. The third kappa shape index (κ3) is 4.32. The van der Waals surface area contributed by atoms with Crippen molar-refractivity contribution in [3.8, 4) is 11.8 Å². The molecule has 0 N–H and O–H groups in total. The molecule has 4 aromatic rings. The monoisotopic (exact) mass is 424 g/mol. The normalized spacial score (nSPS) is 11.2. The third-order valence-electron chi connectivity index (χ3n) is 5.05. The van der Waals surface area contributed by atoms with Crippen LogP contribution >= 0.6 is 0 Å². The van der Waals surface area contributed by atoms with Crippen LogP contribution in [0.3, 0.4) is 0 Å². The maximum atomic E-state index is 14.3. The van der Waals surface area contributed by atoms with E-state index in [1.165, 1.54) is 18.2 Å². The van der Waals surface area contributed by atoms with Gasteiger partial charge in [0.2, 0.25) is 0 Å². The molecule has 4 aromatic carbocycles. The van der Waals surface area contributed by atoms with Crippen LogP contribution < -0.4 is 4.74 Å². The van der Waals surface area contributed by atoms with E-state index in [9.17, 15) is 19.8 Å². The summed E-state index contributed by atoms with van der Waals surface area (Å²) in [5.41, 5.74) is 1.81. The molecule has 156 valence electrons. The number of halogens is 1. The number of hydrogen-bond donors (Lipinski definition) is 0. The minimum Gasteiger partial charge on any atom is -0.488 e. The lowest BCUT2D eigenvalue weighted by Crippen LogP contribution is -1.98. The molecule has 0 spiro atoms. The first-order valence-electron chi connectivity index (χ1n) is 9.81. The van der Waals surface area contributed by atoms with Crippen LogP contribution in [-0.2, 0) is 6.61 Å². The fourth-order valence-electron chi connectivity index (χ4n) is 3.42. The van der Waals surface area contributed by atoms with Crippen LogP contribution in [0.15, 0.2) is 84.9 Å². The van der Waals surface area contributed by atoms with Crippen molar-refractivity contribution in [3.63, 3.8) is 0 Å². The van der Waals surface area contributed by atoms with Crippen molar-refractivity contribution < 1.29 is 14.1 Å². The quantitative estimate of drug-likeness (QED) is 0.153. The first-order chi connectivity index (χ1) is 15.6. The second kappa shape index (κ2) is 9.11. The number of nitro groups is 1. The SMILES string of the molecule is N#CC(=Cc1c(OCc2ccc([N+](=O)[O-])cc2)ccc2ccccc12)c1ccccc1F. The zero-order valence-electron chi connectivity index (χ0n) is 16.9. The van der Waals surface area contributed by atoms with Crippen LogP contribution in [0.5, 0.6) is 5.75 Å². The molecule has 4 rings (SSSR count). The molecular formula is C26H17FN2O3. The molecule has 0 radical (unpaired) electrons. The summed E-state index contributed by atoms with van der Waals surface area (Å²) in [5.74, 6) is 0.0417. The van der Waals surface area contributed by atoms with Gasteiger partial charge < -0.3 is 4.74 Å². The van der Waals surface area contributed by atoms with Crippen LogP contribution in [0.4, 0.5) is 10.1 Å². The van der Waals surface area contributed by atoms with Gasteiger partial charge in [-0.3, -0.25) is 10.1 Å². The second-order valence-electron chi connectivity index (χ2n) is 7.06. The van der Waals surface area contributed by atoms with Crippen molar-refractivity contribution in [2.75, 3.05) is 0 Å². The van der Waals surface area contributed by atoms with Crippen molar-refractivity contribution in [3.05, 3.63) is 118 Å². The Kier molecular flexibility index (Phi) is 5.91. The van der Waals surface area contributed by atoms with Gasteiger partial charge in [-0.25, -0.2) is 4.39 Å². The summed E-state index contributed by atoms with van der Waals surface area (Å²) in [6.45, 7) is 0.179. The lowest BCUT2D eigenvalue weighted by atomic mass is 9.98. The van der Waals surface area contributed by atoms with Crippen molar-refractivity contribution >= 4 is 28.1 Å². The molecule has 0 aliphatic rings. The van der Waals surface area contributed by atoms with Gasteiger partial charge >= 0.3 is 0 Å². The average molecular weight is 424 g/mol. The van der Waals surface area contributed by atoms with Gasteiger partial charge in [-0.2, -0.15) is 5.26 Å². The van der Waals surface area contributed by atoms with Gasteiger partial charge in [-0.1, -0.05) is 48.5 Å². The Balaban J connectivity index is 1.75. The van der Waals surface area contributed by atoms with E-state index in [1.54, 1.807) is 42.5 Å². The number of rotatable bonds is 6. The molecule has 32 heavy (non-hydrogen) atoms. The van der Waals surface area contributed by atoms with Gasteiger partial charge in [-0.05, 0) is 46.7 Å². The van der Waals surface area contributed by atoms with Gasteiger partial charge in [0.15, 0.2) is 0 Å². The van der Waals surface area contributed by atoms with E-state index in [-0.39, 0.29) is 23.4 Å². The summed E-state index contributed by atoms with van der Waals surface area (Å²) in [7, 11) is 0. The van der Waals surface area contributed by atoms with Crippen LogP contribution in [0.1, 0.15) is 16.7 Å². The number of benzene rings is 4. The molecular weight excluding hydrogens is 407 g/mol. The maximum absolute atomic E-state index is 14.3. The molecule has 0 bridgehead atoms. The maximum Gasteiger partial charge on any atom is 0.269 e. The Hall–Kier alpha value is -4.50. The van der Waals surface area contributed by atoms with E-state index in [0.717, 1.165) is 16.3 Å². The highest BCUT2D eigenvalue weighted by Crippen LogP contribution is 2.33. The van der Waals surface area contributed by atoms with Crippen LogP contribution in [-0.4, -0.2) is 4.92 Å². The number of nitriles is 1. The predicted molar refractivity (Wildman–Crippen MR) is 121 cm³/mol. The van der Waals surface area contributed by atoms with Crippen LogP contribution in [0, 0.1) is 27.3 Å². The highest BCUT2D eigenvalue weighted by Gasteiger charge is 2.13. The molecule has 0 fully saturated rings. The Morgan fingerprint density at radius 2 is 1.72 bits per heavy atom. The number of nitro benzene ring substituents is 1. The molecule has 0 heterocycles. The highest BCUT2D eigenvalue weighted by molar-refractivity contribution is 6.00. The van der Waals surface area contributed by atoms with Gasteiger partial charge in [0, 0.05) is 23.3 Å². The number of allylic oxidation sites excluding steroid dienone is 1. The Labute approximate surface area is 183 Å². The summed E-state index contributed by atoms with van der Waals surface area (Å²) in [6, 6.07) is 25.7. The van der Waals surface area contributed by atoms with E-state index in [1.807, 2.05) is 30.3 Å². The summed E-state index contributed by atoms with van der Waals surface area (Å²) in [5, 5.41) is 22.4. The van der Waals surface area contributed by atoms with Crippen LogP contribution in [0.25, 0.3) is 22.4 Å². The fraction of sp³-hybridized carbons (Fsp3) is 0.0385. The summed E-state index contributed by atoms with van der Waals surface area (Å²) in [4.78, 5) is 10.4. The van der Waals surface area contributed by atoms with Gasteiger partial charge in [0.1, 0.15) is 18.2 Å². The lowest BCUT2D eigenvalue weighted by Gasteiger charge is -2.13. The van der Waals surface area contributed by atoms with Gasteiger partial charge in [0.25, 0.3) is 5.69 Å². The van der Waals surface area contributed by atoms with Crippen molar-refractivity contribution in [1.29, 1.82) is 5.26 Å². The second-order valence-corrected chi connectivity index (χ2v) is 7.06. The minimum atomic E-state index is -0.478. The fourth-order valence-corrected chi connectivity index (χ4v) is 3.42. The summed E-state index contributed by atoms with van der Waals surface area (Å²) in [6.07, 6.45) is 1.63. The molecule has 0 amide bonds. The highest BCUT2D eigenvalue weighted by atomic mass is 19.1. The van der Waals surface area contributed by atoms with Crippen molar-refractivity contribution in [2.24, 2.45) is 0 Å². The van der Waals surface area contributed by atoms with Crippen LogP contribution in [0.2, 0.25) is 0 Å². The van der Waals surface area contributed by atoms with E-state index in [2.05, 4.69) is 6.07 Å². The summed E-state index contributed by atoms with van der Waals surface area (Å²) >= 11 is 0. The Bertz CT molecular complexity index is 1370. The molecule has 0 aliphatic heterocycles. The first-order valence-corrected chi connectivity index (χ1v) is 9.81. The summed E-state index contributed by atoms with van der Waals surface area (Å²) < 4.78 is 20.4. The van der Waals surface area contributed by atoms with E-state index >= 15 is 0 Å². The van der Waals surface area contributed by atoms with Gasteiger partial charge in [0.05, 0.1) is 16.6 Å². The van der Waals surface area contributed by atoms with E-state index < -0.39 is 10.7 Å². The lowest BCUT2D eigenvalue weighted by molar-refractivity contribution is -0.384.